The second-order valence-electron chi connectivity index (χ2n) is 17.4. The van der Waals surface area contributed by atoms with Crippen molar-refractivity contribution >= 4 is 90.8 Å². The number of piperazine rings is 1. The normalized spacial score (nSPS) is 18.1. The van der Waals surface area contributed by atoms with E-state index in [1.165, 1.54) is 15.9 Å². The number of imide groups is 1. The minimum Gasteiger partial charge on any atom is -0.494 e. The number of pyridine rings is 1. The molecule has 340 valence electrons. The maximum absolute atomic E-state index is 15.3. The van der Waals surface area contributed by atoms with E-state index in [1.807, 2.05) is 36.4 Å². The molecule has 3 N–H and O–H groups in total. The van der Waals surface area contributed by atoms with Gasteiger partial charge >= 0.3 is 0 Å². The summed E-state index contributed by atoms with van der Waals surface area (Å²) in [5, 5.41) is 15.3. The Morgan fingerprint density at radius 3 is 2.45 bits per heavy atom. The topological polar surface area (TPSA) is 163 Å². The largest absolute Gasteiger partial charge is 0.494 e. The van der Waals surface area contributed by atoms with E-state index in [2.05, 4.69) is 80.7 Å². The zero-order valence-corrected chi connectivity index (χ0v) is 39.6. The molecule has 65 heavy (non-hydrogen) atoms. The third-order valence-corrected chi connectivity index (χ3v) is 15.2. The molecule has 6 heterocycles. The number of carbonyl (C=O) groups is 2. The van der Waals surface area contributed by atoms with Crippen LogP contribution in [0.4, 0.5) is 33.2 Å². The van der Waals surface area contributed by atoms with Crippen molar-refractivity contribution < 1.29 is 23.3 Å². The van der Waals surface area contributed by atoms with Crippen LogP contribution in [0.25, 0.3) is 21.8 Å². The Labute approximate surface area is 386 Å². The standard InChI is InChI=1S/C47H54BrFN11O4P/c1-5-29-25-35(53-47-51-27-33(48)45(55-47)52-36-28-50-34-11-7-6-10-32(34)43(36)65(3,4)63)40(64-2)26-39(29)59-19-16-31(17-20-59)58-23-21-57(22-24-58)18-15-30-9-8-12-37-42(30)44(49)56-60(37)38-13-14-41(61)54-46(38)62/h6-12,25-28,31,38H,5,13-24H2,1-4H3,(H,54,61,62)(H2,51,52,53,55). The summed E-state index contributed by atoms with van der Waals surface area (Å²) in [7, 11) is -1.04. The SMILES string of the molecule is CCc1cc(Nc2ncc(Br)c(Nc3cnc4ccccc4c3P(C)(C)=O)n2)c(OC)cc1N1CCC(N2CCN(CCc3cccc4c3c(F)nn4C3CCC(=O)NC3=O)CC2)CC1. The Hall–Kier alpha value is -5.48. The number of amides is 2. The van der Waals surface area contributed by atoms with E-state index in [4.69, 9.17) is 9.72 Å². The Bertz CT molecular complexity index is 2820. The van der Waals surface area contributed by atoms with Gasteiger partial charge in [-0.25, -0.2) is 9.67 Å². The van der Waals surface area contributed by atoms with E-state index < -0.39 is 25.0 Å². The fourth-order valence-electron chi connectivity index (χ4n) is 9.70. The highest BCUT2D eigenvalue weighted by molar-refractivity contribution is 9.10. The number of hydrogen-bond acceptors (Lipinski definition) is 13. The van der Waals surface area contributed by atoms with E-state index in [9.17, 15) is 14.2 Å². The number of carbonyl (C=O) groups excluding carboxylic acids is 2. The number of ether oxygens (including phenoxy) is 1. The molecule has 0 radical (unpaired) electrons. The average molecular weight is 967 g/mol. The molecule has 3 fully saturated rings. The summed E-state index contributed by atoms with van der Waals surface area (Å²) in [5.41, 5.74) is 6.00. The van der Waals surface area contributed by atoms with Crippen molar-refractivity contribution in [1.29, 1.82) is 0 Å². The van der Waals surface area contributed by atoms with Gasteiger partial charge in [0.15, 0.2) is 0 Å². The van der Waals surface area contributed by atoms with E-state index in [1.54, 1.807) is 38.9 Å². The number of piperidine rings is 2. The number of benzene rings is 3. The van der Waals surface area contributed by atoms with Gasteiger partial charge < -0.3 is 29.7 Å². The average Bonchev–Trinajstić information content (AvgIpc) is 3.64. The first-order valence-corrected chi connectivity index (χ1v) is 25.7. The van der Waals surface area contributed by atoms with Crippen LogP contribution in [0.3, 0.4) is 0 Å². The Kier molecular flexibility index (Phi) is 12.9. The fraction of sp³-hybridized carbons (Fsp3) is 0.404. The number of para-hydroxylation sites is 1. The third-order valence-electron chi connectivity index (χ3n) is 13.0. The zero-order valence-electron chi connectivity index (χ0n) is 37.1. The van der Waals surface area contributed by atoms with Crippen molar-refractivity contribution in [2.24, 2.45) is 0 Å². The summed E-state index contributed by atoms with van der Waals surface area (Å²) in [6.45, 7) is 12.2. The third kappa shape index (κ3) is 9.33. The van der Waals surface area contributed by atoms with Crippen molar-refractivity contribution in [3.63, 3.8) is 0 Å². The number of methoxy groups -OCH3 is 1. The van der Waals surface area contributed by atoms with Crippen LogP contribution < -0.4 is 30.9 Å². The number of rotatable bonds is 13. The highest BCUT2D eigenvalue weighted by atomic mass is 79.9. The van der Waals surface area contributed by atoms with E-state index in [0.29, 0.717) is 57.5 Å². The summed E-state index contributed by atoms with van der Waals surface area (Å²) < 4.78 is 37.0. The molecular formula is C47H54BrFN11O4P. The van der Waals surface area contributed by atoms with Gasteiger partial charge in [-0.15, -0.1) is 5.10 Å². The number of aryl methyl sites for hydroxylation is 1. The van der Waals surface area contributed by atoms with E-state index in [-0.39, 0.29) is 12.3 Å². The lowest BCUT2D eigenvalue weighted by molar-refractivity contribution is -0.135. The molecule has 0 bridgehead atoms. The molecule has 1 atom stereocenters. The highest BCUT2D eigenvalue weighted by Crippen LogP contribution is 2.42. The van der Waals surface area contributed by atoms with Crippen LogP contribution in [0.2, 0.25) is 0 Å². The first-order chi connectivity index (χ1) is 31.4. The lowest BCUT2D eigenvalue weighted by Crippen LogP contribution is -2.53. The number of nitrogens with zero attached hydrogens (tertiary/aromatic N) is 8. The van der Waals surface area contributed by atoms with Crippen LogP contribution in [0.1, 0.15) is 49.8 Å². The first kappa shape index (κ1) is 44.7. The summed E-state index contributed by atoms with van der Waals surface area (Å²) in [6, 6.07) is 17.4. The van der Waals surface area contributed by atoms with Gasteiger partial charge in [-0.2, -0.15) is 9.37 Å². The molecule has 3 aliphatic heterocycles. The smallest absolute Gasteiger partial charge is 0.251 e. The lowest BCUT2D eigenvalue weighted by Gasteiger charge is -2.43. The molecule has 3 aromatic heterocycles. The monoisotopic (exact) mass is 965 g/mol. The number of anilines is 5. The van der Waals surface area contributed by atoms with Gasteiger partial charge in [0.05, 0.1) is 45.6 Å². The minimum atomic E-state index is -2.72. The molecule has 3 saturated heterocycles. The fourth-order valence-corrected chi connectivity index (χ4v) is 11.5. The summed E-state index contributed by atoms with van der Waals surface area (Å²) in [5.74, 6) is 0.248. The molecule has 9 rings (SSSR count). The van der Waals surface area contributed by atoms with Crippen LogP contribution in [-0.4, -0.2) is 119 Å². The van der Waals surface area contributed by atoms with Crippen molar-refractivity contribution in [1.82, 2.24) is 39.8 Å². The molecule has 18 heteroatoms. The van der Waals surface area contributed by atoms with Gasteiger partial charge in [-0.05, 0) is 90.7 Å². The quantitative estimate of drug-likeness (QED) is 0.0777. The number of nitrogens with one attached hydrogen (secondary N) is 3. The maximum Gasteiger partial charge on any atom is 0.251 e. The Morgan fingerprint density at radius 2 is 1.71 bits per heavy atom. The van der Waals surface area contributed by atoms with Crippen molar-refractivity contribution in [3.05, 3.63) is 88.5 Å². The second kappa shape index (κ2) is 18.8. The number of fused-ring (bicyclic) bond motifs is 2. The van der Waals surface area contributed by atoms with Crippen molar-refractivity contribution in [3.8, 4) is 5.75 Å². The van der Waals surface area contributed by atoms with Crippen molar-refractivity contribution in [2.75, 3.05) is 81.8 Å². The summed E-state index contributed by atoms with van der Waals surface area (Å²) >= 11 is 3.60. The molecule has 0 aliphatic carbocycles. The van der Waals surface area contributed by atoms with E-state index >= 15 is 4.39 Å². The first-order valence-electron chi connectivity index (χ1n) is 22.3. The van der Waals surface area contributed by atoms with Gasteiger partial charge in [-0.3, -0.25) is 24.8 Å². The highest BCUT2D eigenvalue weighted by Gasteiger charge is 2.32. The molecule has 6 aromatic rings. The Morgan fingerprint density at radius 1 is 0.923 bits per heavy atom. The van der Waals surface area contributed by atoms with Gasteiger partial charge in [0, 0.05) is 86.9 Å². The molecule has 15 nitrogen and oxygen atoms in total. The summed E-state index contributed by atoms with van der Waals surface area (Å²) in [4.78, 5) is 45.8. The minimum absolute atomic E-state index is 0.205. The van der Waals surface area contributed by atoms with Crippen LogP contribution in [0.15, 0.2) is 71.5 Å². The van der Waals surface area contributed by atoms with Gasteiger partial charge in [0.1, 0.15) is 24.8 Å². The maximum atomic E-state index is 15.3. The molecule has 3 aromatic carbocycles. The lowest BCUT2D eigenvalue weighted by atomic mass is 9.99. The molecular weight excluding hydrogens is 912 g/mol. The predicted octanol–water partition coefficient (Wildman–Crippen LogP) is 7.39. The molecule has 0 saturated carbocycles. The van der Waals surface area contributed by atoms with Crippen LogP contribution in [0.5, 0.6) is 5.75 Å². The molecule has 3 aliphatic rings. The van der Waals surface area contributed by atoms with Crippen molar-refractivity contribution in [2.45, 2.75) is 57.5 Å². The Balaban J connectivity index is 0.812. The second-order valence-corrected chi connectivity index (χ2v) is 21.4. The van der Waals surface area contributed by atoms with Crippen LogP contribution >= 0.6 is 23.1 Å². The van der Waals surface area contributed by atoms with E-state index in [0.717, 1.165) is 92.5 Å². The predicted molar refractivity (Wildman–Crippen MR) is 258 cm³/mol. The van der Waals surface area contributed by atoms with Gasteiger partial charge in [-0.1, -0.05) is 37.3 Å². The number of aromatic nitrogens is 5. The molecule has 0 spiro atoms. The number of halogens is 2. The van der Waals surface area contributed by atoms with Gasteiger partial charge in [0.25, 0.3) is 5.91 Å². The molecule has 2 amide bonds. The van der Waals surface area contributed by atoms with Gasteiger partial charge in [0.2, 0.25) is 17.8 Å². The molecule has 1 unspecified atom stereocenters. The van der Waals surface area contributed by atoms with Crippen LogP contribution in [0, 0.1) is 5.95 Å². The van der Waals surface area contributed by atoms with Crippen LogP contribution in [-0.2, 0) is 27.0 Å². The number of hydrogen-bond donors (Lipinski definition) is 3. The zero-order chi connectivity index (χ0) is 45.4. The summed E-state index contributed by atoms with van der Waals surface area (Å²) in [6.07, 6.45) is 7.53.